The predicted molar refractivity (Wildman–Crippen MR) is 161 cm³/mol. The first-order valence-corrected chi connectivity index (χ1v) is 16.5. The van der Waals surface area contributed by atoms with Gasteiger partial charge in [-0.25, -0.2) is 4.57 Å². The Kier molecular flexibility index (Phi) is 19.6. The maximum atomic E-state index is 4.10. The van der Waals surface area contributed by atoms with Gasteiger partial charge in [0.2, 0.25) is 0 Å². The van der Waals surface area contributed by atoms with E-state index in [9.17, 15) is 0 Å². The summed E-state index contributed by atoms with van der Waals surface area (Å²) in [4.78, 5) is 4.10. The second-order valence-corrected chi connectivity index (χ2v) is 11.8. The number of pyridine rings is 2. The highest BCUT2D eigenvalue weighted by Crippen LogP contribution is 2.17. The van der Waals surface area contributed by atoms with Crippen LogP contribution in [0.25, 0.3) is 11.1 Å². The first kappa shape index (κ1) is 30.9. The fourth-order valence-electron chi connectivity index (χ4n) is 4.87. The van der Waals surface area contributed by atoms with Crippen LogP contribution >= 0.6 is 11.8 Å². The quantitative estimate of drug-likeness (QED) is 0.103. The van der Waals surface area contributed by atoms with E-state index in [4.69, 9.17) is 0 Å². The lowest BCUT2D eigenvalue weighted by Gasteiger charge is -2.04. The van der Waals surface area contributed by atoms with Crippen molar-refractivity contribution in [2.75, 3.05) is 11.5 Å². The molecule has 2 aromatic rings. The van der Waals surface area contributed by atoms with E-state index < -0.39 is 0 Å². The van der Waals surface area contributed by atoms with E-state index in [1.54, 1.807) is 0 Å². The summed E-state index contributed by atoms with van der Waals surface area (Å²) in [5.41, 5.74) is 2.50. The van der Waals surface area contributed by atoms with E-state index in [2.05, 4.69) is 64.9 Å². The molecule has 0 aliphatic heterocycles. The minimum Gasteiger partial charge on any atom is -0.265 e. The van der Waals surface area contributed by atoms with Gasteiger partial charge in [0.15, 0.2) is 12.4 Å². The number of unbranched alkanes of at least 4 members (excludes halogenated alkanes) is 17. The van der Waals surface area contributed by atoms with Crippen molar-refractivity contribution in [3.05, 3.63) is 49.1 Å². The van der Waals surface area contributed by atoms with Crippen LogP contribution in [0.5, 0.6) is 0 Å². The minimum absolute atomic E-state index is 1.13. The van der Waals surface area contributed by atoms with Crippen LogP contribution in [0.15, 0.2) is 49.1 Å². The molecule has 2 rings (SSSR count). The van der Waals surface area contributed by atoms with Crippen molar-refractivity contribution in [1.29, 1.82) is 0 Å². The maximum Gasteiger partial charge on any atom is 0.169 e. The van der Waals surface area contributed by atoms with Crippen molar-refractivity contribution < 1.29 is 4.57 Å². The Hall–Kier alpha value is -1.35. The summed E-state index contributed by atoms with van der Waals surface area (Å²) < 4.78 is 2.32. The van der Waals surface area contributed by atoms with Gasteiger partial charge in [0, 0.05) is 30.9 Å². The van der Waals surface area contributed by atoms with E-state index in [-0.39, 0.29) is 0 Å². The van der Waals surface area contributed by atoms with Gasteiger partial charge in [-0.1, -0.05) is 103 Å². The standard InChI is InChI=1S/C33H55N2S/c1-2-3-4-5-6-7-10-13-16-19-30-36-31-20-17-14-11-8-9-12-15-18-27-35-28-23-33(24-29-35)32-21-25-34-26-22-32/h21-26,28-29H,2-20,27,30-31H2,1H3/q+1. The highest BCUT2D eigenvalue weighted by Gasteiger charge is 2.03. The Morgan fingerprint density at radius 1 is 0.528 bits per heavy atom. The lowest BCUT2D eigenvalue weighted by atomic mass is 10.1. The molecule has 3 heteroatoms. The van der Waals surface area contributed by atoms with Crippen LogP contribution in [0.2, 0.25) is 0 Å². The van der Waals surface area contributed by atoms with Gasteiger partial charge in [0.25, 0.3) is 0 Å². The van der Waals surface area contributed by atoms with E-state index in [1.807, 2.05) is 12.4 Å². The van der Waals surface area contributed by atoms with Gasteiger partial charge in [-0.15, -0.1) is 0 Å². The Morgan fingerprint density at radius 3 is 1.44 bits per heavy atom. The zero-order valence-electron chi connectivity index (χ0n) is 23.5. The summed E-state index contributed by atoms with van der Waals surface area (Å²) in [6.07, 6.45) is 35.3. The molecule has 36 heavy (non-hydrogen) atoms. The van der Waals surface area contributed by atoms with Crippen molar-refractivity contribution in [2.24, 2.45) is 0 Å². The van der Waals surface area contributed by atoms with Gasteiger partial charge in [0.1, 0.15) is 6.54 Å². The topological polar surface area (TPSA) is 16.8 Å². The van der Waals surface area contributed by atoms with E-state index in [1.165, 1.54) is 145 Å². The fraction of sp³-hybridized carbons (Fsp3) is 0.697. The van der Waals surface area contributed by atoms with Gasteiger partial charge < -0.3 is 0 Å². The largest absolute Gasteiger partial charge is 0.265 e. The second-order valence-electron chi connectivity index (χ2n) is 10.5. The maximum absolute atomic E-state index is 4.10. The van der Waals surface area contributed by atoms with E-state index in [0.29, 0.717) is 0 Å². The molecule has 2 nitrogen and oxygen atoms in total. The molecule has 2 heterocycles. The molecule has 0 aromatic carbocycles. The number of aryl methyl sites for hydroxylation is 1. The molecule has 0 N–H and O–H groups in total. The summed E-state index contributed by atoms with van der Waals surface area (Å²) >= 11 is 2.20. The molecule has 0 aliphatic rings. The van der Waals surface area contributed by atoms with Gasteiger partial charge in [-0.3, -0.25) is 4.98 Å². The molecule has 0 radical (unpaired) electrons. The SMILES string of the molecule is CCCCCCCCCCCCSCCCCCCCCCCC[n+]1ccc(-c2ccncc2)cc1. The third kappa shape index (κ3) is 16.4. The van der Waals surface area contributed by atoms with Crippen LogP contribution in [0.1, 0.15) is 129 Å². The number of thioether (sulfide) groups is 1. The minimum atomic E-state index is 1.13. The molecular formula is C33H55N2S+. The van der Waals surface area contributed by atoms with Crippen molar-refractivity contribution >= 4 is 11.8 Å². The smallest absolute Gasteiger partial charge is 0.169 e. The van der Waals surface area contributed by atoms with Crippen molar-refractivity contribution in [2.45, 2.75) is 135 Å². The molecule has 0 aliphatic carbocycles. The number of hydrogen-bond acceptors (Lipinski definition) is 2. The van der Waals surface area contributed by atoms with Crippen LogP contribution in [0, 0.1) is 0 Å². The molecule has 202 valence electrons. The summed E-state index contributed by atoms with van der Waals surface area (Å²) in [5, 5.41) is 0. The average Bonchev–Trinajstić information content (AvgIpc) is 2.92. The van der Waals surface area contributed by atoms with Crippen LogP contribution in [0.3, 0.4) is 0 Å². The third-order valence-corrected chi connectivity index (χ3v) is 8.41. The number of hydrogen-bond donors (Lipinski definition) is 0. The van der Waals surface area contributed by atoms with E-state index in [0.717, 1.165) is 6.54 Å². The van der Waals surface area contributed by atoms with Gasteiger partial charge in [-0.2, -0.15) is 11.8 Å². The molecule has 0 amide bonds. The molecule has 0 spiro atoms. The van der Waals surface area contributed by atoms with Crippen LogP contribution < -0.4 is 4.57 Å². The zero-order chi connectivity index (χ0) is 25.4. The van der Waals surface area contributed by atoms with Crippen LogP contribution in [0.4, 0.5) is 0 Å². The lowest BCUT2D eigenvalue weighted by Crippen LogP contribution is -2.32. The Morgan fingerprint density at radius 2 is 0.944 bits per heavy atom. The third-order valence-electron chi connectivity index (χ3n) is 7.25. The molecule has 2 aromatic heterocycles. The zero-order valence-corrected chi connectivity index (χ0v) is 24.3. The number of nitrogens with zero attached hydrogens (tertiary/aromatic N) is 2. The first-order chi connectivity index (χ1) is 17.9. The van der Waals surface area contributed by atoms with Crippen molar-refractivity contribution in [3.8, 4) is 11.1 Å². The summed E-state index contributed by atoms with van der Waals surface area (Å²) in [7, 11) is 0. The number of aromatic nitrogens is 2. The molecular weight excluding hydrogens is 456 g/mol. The number of rotatable bonds is 24. The molecule has 0 bridgehead atoms. The van der Waals surface area contributed by atoms with Crippen LogP contribution in [-0.2, 0) is 6.54 Å². The molecule has 0 atom stereocenters. The Bertz CT molecular complexity index is 716. The van der Waals surface area contributed by atoms with Gasteiger partial charge in [0.05, 0.1) is 0 Å². The highest BCUT2D eigenvalue weighted by atomic mass is 32.2. The fourth-order valence-corrected chi connectivity index (χ4v) is 5.89. The molecule has 0 fully saturated rings. The van der Waals surface area contributed by atoms with E-state index >= 15 is 0 Å². The molecule has 0 unspecified atom stereocenters. The summed E-state index contributed by atoms with van der Waals surface area (Å²) in [6, 6.07) is 8.56. The van der Waals surface area contributed by atoms with Crippen molar-refractivity contribution in [1.82, 2.24) is 4.98 Å². The Labute approximate surface area is 228 Å². The lowest BCUT2D eigenvalue weighted by molar-refractivity contribution is -0.697. The molecule has 0 saturated heterocycles. The predicted octanol–water partition coefficient (Wildman–Crippen LogP) is 10.2. The normalized spacial score (nSPS) is 11.2. The highest BCUT2D eigenvalue weighted by molar-refractivity contribution is 7.99. The summed E-state index contributed by atoms with van der Waals surface area (Å²) in [6.45, 7) is 3.43. The van der Waals surface area contributed by atoms with Gasteiger partial charge >= 0.3 is 0 Å². The van der Waals surface area contributed by atoms with Crippen molar-refractivity contribution in [3.63, 3.8) is 0 Å². The monoisotopic (exact) mass is 511 g/mol. The molecule has 0 saturated carbocycles. The van der Waals surface area contributed by atoms with Crippen LogP contribution in [-0.4, -0.2) is 16.5 Å². The first-order valence-electron chi connectivity index (χ1n) is 15.4. The summed E-state index contributed by atoms with van der Waals surface area (Å²) in [5.74, 6) is 2.78. The Balaban J connectivity index is 1.27. The second kappa shape index (κ2) is 22.8. The average molecular weight is 512 g/mol. The van der Waals surface area contributed by atoms with Gasteiger partial charge in [-0.05, 0) is 54.0 Å².